The number of benzene rings is 1. The van der Waals surface area contributed by atoms with Crippen molar-refractivity contribution in [2.24, 2.45) is 0 Å². The molecule has 1 aromatic carbocycles. The van der Waals surface area contributed by atoms with Gasteiger partial charge in [-0.3, -0.25) is 4.90 Å². The van der Waals surface area contributed by atoms with E-state index in [0.29, 0.717) is 0 Å². The summed E-state index contributed by atoms with van der Waals surface area (Å²) in [7, 11) is 0. The van der Waals surface area contributed by atoms with Gasteiger partial charge in [0.2, 0.25) is 0 Å². The van der Waals surface area contributed by atoms with Crippen LogP contribution in [0.1, 0.15) is 24.9 Å². The molecule has 3 N–H and O–H groups in total. The van der Waals surface area contributed by atoms with Crippen molar-refractivity contribution in [2.75, 3.05) is 26.2 Å². The molecule has 1 saturated heterocycles. The first-order valence-electron chi connectivity index (χ1n) is 6.18. The van der Waals surface area contributed by atoms with Crippen molar-refractivity contribution in [2.45, 2.75) is 19.4 Å². The van der Waals surface area contributed by atoms with Crippen molar-refractivity contribution in [3.8, 4) is 11.5 Å². The van der Waals surface area contributed by atoms with Gasteiger partial charge in [-0.1, -0.05) is 6.92 Å². The second kappa shape index (κ2) is 8.48. The number of aromatic hydroxyl groups is 2. The van der Waals surface area contributed by atoms with E-state index in [0.717, 1.165) is 38.2 Å². The predicted octanol–water partition coefficient (Wildman–Crippen LogP) is 2.30. The van der Waals surface area contributed by atoms with Gasteiger partial charge < -0.3 is 15.5 Å². The molecule has 6 heteroatoms. The van der Waals surface area contributed by atoms with Gasteiger partial charge in [0, 0.05) is 38.3 Å². The van der Waals surface area contributed by atoms with Gasteiger partial charge >= 0.3 is 0 Å². The van der Waals surface area contributed by atoms with Crippen LogP contribution in [0.15, 0.2) is 18.2 Å². The molecule has 1 aliphatic rings. The van der Waals surface area contributed by atoms with Crippen LogP contribution < -0.4 is 5.32 Å². The lowest BCUT2D eigenvalue weighted by molar-refractivity contribution is 0.169. The molecule has 1 heterocycles. The minimum absolute atomic E-state index is 0. The molecule has 2 rings (SSSR count). The van der Waals surface area contributed by atoms with Gasteiger partial charge in [-0.05, 0) is 24.1 Å². The van der Waals surface area contributed by atoms with E-state index in [1.807, 2.05) is 0 Å². The number of halogens is 2. The van der Waals surface area contributed by atoms with Crippen molar-refractivity contribution < 1.29 is 10.2 Å². The van der Waals surface area contributed by atoms with Gasteiger partial charge in [0.25, 0.3) is 0 Å². The molecule has 1 atom stereocenters. The average molecular weight is 309 g/mol. The van der Waals surface area contributed by atoms with Crippen LogP contribution in [0.3, 0.4) is 0 Å². The standard InChI is InChI=1S/C13H20N2O2.2ClH/c1-2-13(15-5-3-14-4-6-15)10-7-11(16)9-12(17)8-10;;/h7-9,13-14,16-17H,2-6H2,1H3;2*1H/t13-;;/m0../s1. The molecule has 1 aromatic rings. The average Bonchev–Trinajstić information content (AvgIpc) is 2.30. The smallest absolute Gasteiger partial charge is 0.119 e. The van der Waals surface area contributed by atoms with E-state index in [-0.39, 0.29) is 42.4 Å². The van der Waals surface area contributed by atoms with Gasteiger partial charge in [-0.15, -0.1) is 24.8 Å². The summed E-state index contributed by atoms with van der Waals surface area (Å²) in [6, 6.07) is 5.13. The Morgan fingerprint density at radius 2 is 1.63 bits per heavy atom. The molecular weight excluding hydrogens is 287 g/mol. The Kier molecular flexibility index (Phi) is 8.18. The third-order valence-corrected chi connectivity index (χ3v) is 3.29. The summed E-state index contributed by atoms with van der Waals surface area (Å²) in [5.74, 6) is 0.266. The molecular formula is C13H22Cl2N2O2. The maximum absolute atomic E-state index is 9.55. The molecule has 0 radical (unpaired) electrons. The normalized spacial score (nSPS) is 17.1. The first kappa shape index (κ1) is 18.3. The second-order valence-electron chi connectivity index (χ2n) is 4.49. The lowest BCUT2D eigenvalue weighted by Crippen LogP contribution is -2.45. The van der Waals surface area contributed by atoms with Crippen molar-refractivity contribution in [1.82, 2.24) is 10.2 Å². The maximum Gasteiger partial charge on any atom is 0.119 e. The molecule has 19 heavy (non-hydrogen) atoms. The maximum atomic E-state index is 9.55. The van der Waals surface area contributed by atoms with E-state index in [4.69, 9.17) is 0 Å². The quantitative estimate of drug-likeness (QED) is 0.802. The first-order valence-corrected chi connectivity index (χ1v) is 6.18. The molecule has 0 saturated carbocycles. The molecule has 110 valence electrons. The summed E-state index contributed by atoms with van der Waals surface area (Å²) < 4.78 is 0. The summed E-state index contributed by atoms with van der Waals surface area (Å²) in [5.41, 5.74) is 0.993. The molecule has 0 aromatic heterocycles. The van der Waals surface area contributed by atoms with Crippen molar-refractivity contribution in [1.29, 1.82) is 0 Å². The number of hydrogen-bond donors (Lipinski definition) is 3. The number of nitrogens with zero attached hydrogens (tertiary/aromatic N) is 1. The summed E-state index contributed by atoms with van der Waals surface area (Å²) in [4.78, 5) is 2.39. The predicted molar refractivity (Wildman–Crippen MR) is 81.7 cm³/mol. The minimum Gasteiger partial charge on any atom is -0.508 e. The van der Waals surface area contributed by atoms with Crippen molar-refractivity contribution in [3.63, 3.8) is 0 Å². The molecule has 0 amide bonds. The molecule has 1 aliphatic heterocycles. The monoisotopic (exact) mass is 308 g/mol. The topological polar surface area (TPSA) is 55.7 Å². The van der Waals surface area contributed by atoms with Crippen molar-refractivity contribution in [3.05, 3.63) is 23.8 Å². The number of phenols is 2. The second-order valence-corrected chi connectivity index (χ2v) is 4.49. The van der Waals surface area contributed by atoms with Gasteiger partial charge in [0.15, 0.2) is 0 Å². The van der Waals surface area contributed by atoms with E-state index >= 15 is 0 Å². The SMILES string of the molecule is CC[C@@H](c1cc(O)cc(O)c1)N1CCNCC1.Cl.Cl. The van der Waals surface area contributed by atoms with Gasteiger partial charge in [-0.25, -0.2) is 0 Å². The third kappa shape index (κ3) is 4.73. The van der Waals surface area contributed by atoms with Crippen LogP contribution in [0.4, 0.5) is 0 Å². The van der Waals surface area contributed by atoms with Crippen LogP contribution in [0.25, 0.3) is 0 Å². The third-order valence-electron chi connectivity index (χ3n) is 3.29. The Bertz CT molecular complexity index is 365. The Labute approximate surface area is 126 Å². The highest BCUT2D eigenvalue weighted by atomic mass is 35.5. The molecule has 4 nitrogen and oxygen atoms in total. The van der Waals surface area contributed by atoms with Gasteiger partial charge in [-0.2, -0.15) is 0 Å². The van der Waals surface area contributed by atoms with E-state index in [2.05, 4.69) is 17.1 Å². The number of phenolic OH excluding ortho intramolecular Hbond substituents is 2. The molecule has 0 unspecified atom stereocenters. The van der Waals surface area contributed by atoms with Crippen LogP contribution in [0.5, 0.6) is 11.5 Å². The number of piperazine rings is 1. The van der Waals surface area contributed by atoms with Gasteiger partial charge in [0.05, 0.1) is 0 Å². The van der Waals surface area contributed by atoms with Crippen LogP contribution in [0.2, 0.25) is 0 Å². The zero-order valence-electron chi connectivity index (χ0n) is 11.0. The van der Waals surface area contributed by atoms with Gasteiger partial charge in [0.1, 0.15) is 11.5 Å². The van der Waals surface area contributed by atoms with E-state index in [1.165, 1.54) is 6.07 Å². The largest absolute Gasteiger partial charge is 0.508 e. The lowest BCUT2D eigenvalue weighted by atomic mass is 10.0. The van der Waals surface area contributed by atoms with E-state index < -0.39 is 0 Å². The fraction of sp³-hybridized carbons (Fsp3) is 0.538. The number of rotatable bonds is 3. The zero-order chi connectivity index (χ0) is 12.3. The Balaban J connectivity index is 0.00000162. The fourth-order valence-electron chi connectivity index (χ4n) is 2.51. The van der Waals surface area contributed by atoms with Crippen LogP contribution in [-0.2, 0) is 0 Å². The summed E-state index contributed by atoms with van der Waals surface area (Å²) in [6.45, 7) is 6.15. The summed E-state index contributed by atoms with van der Waals surface area (Å²) >= 11 is 0. The Morgan fingerprint density at radius 3 is 2.11 bits per heavy atom. The number of nitrogens with one attached hydrogen (secondary N) is 1. The van der Waals surface area contributed by atoms with E-state index in [1.54, 1.807) is 12.1 Å². The highest BCUT2D eigenvalue weighted by Gasteiger charge is 2.21. The lowest BCUT2D eigenvalue weighted by Gasteiger charge is -2.34. The Hall–Kier alpha value is -0.680. The Morgan fingerprint density at radius 1 is 1.11 bits per heavy atom. The highest BCUT2D eigenvalue weighted by Crippen LogP contribution is 2.30. The summed E-state index contributed by atoms with van der Waals surface area (Å²) in [6.07, 6.45) is 0.975. The molecule has 0 bridgehead atoms. The van der Waals surface area contributed by atoms with Crippen LogP contribution in [0, 0.1) is 0 Å². The molecule has 0 aliphatic carbocycles. The first-order chi connectivity index (χ1) is 8.20. The van der Waals surface area contributed by atoms with E-state index in [9.17, 15) is 10.2 Å². The highest BCUT2D eigenvalue weighted by molar-refractivity contribution is 5.85. The molecule has 0 spiro atoms. The fourth-order valence-corrected chi connectivity index (χ4v) is 2.51. The summed E-state index contributed by atoms with van der Waals surface area (Å²) in [5, 5.41) is 22.4. The van der Waals surface area contributed by atoms with Crippen LogP contribution >= 0.6 is 24.8 Å². The van der Waals surface area contributed by atoms with Crippen LogP contribution in [-0.4, -0.2) is 41.3 Å². The molecule has 1 fully saturated rings. The van der Waals surface area contributed by atoms with Crippen molar-refractivity contribution >= 4 is 24.8 Å². The number of hydrogen-bond acceptors (Lipinski definition) is 4. The minimum atomic E-state index is 0. The zero-order valence-corrected chi connectivity index (χ0v) is 12.6.